The Hall–Kier alpha value is -1.06. The van der Waals surface area contributed by atoms with E-state index in [2.05, 4.69) is 0 Å². The van der Waals surface area contributed by atoms with Gasteiger partial charge in [-0.05, 0) is 31.0 Å². The summed E-state index contributed by atoms with van der Waals surface area (Å²) < 4.78 is 0. The van der Waals surface area contributed by atoms with Gasteiger partial charge in [0.25, 0.3) is 0 Å². The maximum absolute atomic E-state index is 9.58. The van der Waals surface area contributed by atoms with Crippen LogP contribution in [0.25, 0.3) is 0 Å². The minimum Gasteiger partial charge on any atom is -0.508 e. The Balaban J connectivity index is 2.97. The molecule has 0 bridgehead atoms. The fraction of sp³-hybridized carbons (Fsp3) is 0.400. The third kappa shape index (κ3) is 2.20. The molecule has 1 rings (SSSR count). The lowest BCUT2D eigenvalue weighted by molar-refractivity contribution is 0.153. The van der Waals surface area contributed by atoms with E-state index in [1.54, 1.807) is 32.0 Å². The molecular formula is C10H15NO2. The van der Waals surface area contributed by atoms with E-state index in [0.29, 0.717) is 5.56 Å². The fourth-order valence-electron chi connectivity index (χ4n) is 1.11. The van der Waals surface area contributed by atoms with Gasteiger partial charge in [-0.1, -0.05) is 12.1 Å². The van der Waals surface area contributed by atoms with E-state index >= 15 is 0 Å². The minimum atomic E-state index is -0.716. The van der Waals surface area contributed by atoms with Crippen molar-refractivity contribution in [1.82, 2.24) is 0 Å². The highest BCUT2D eigenvalue weighted by Crippen LogP contribution is 2.23. The molecule has 3 nitrogen and oxygen atoms in total. The number of rotatable bonds is 2. The first-order valence-electron chi connectivity index (χ1n) is 4.25. The fourth-order valence-corrected chi connectivity index (χ4v) is 1.11. The number of benzene rings is 1. The van der Waals surface area contributed by atoms with Crippen LogP contribution in [-0.4, -0.2) is 16.3 Å². The summed E-state index contributed by atoms with van der Waals surface area (Å²) in [6, 6.07) is 4.74. The highest BCUT2D eigenvalue weighted by Gasteiger charge is 2.12. The zero-order valence-electron chi connectivity index (χ0n) is 7.86. The number of hydrogen-bond acceptors (Lipinski definition) is 3. The molecule has 4 N–H and O–H groups in total. The second kappa shape index (κ2) is 3.77. The molecule has 0 saturated carbocycles. The lowest BCUT2D eigenvalue weighted by Crippen LogP contribution is -2.24. The largest absolute Gasteiger partial charge is 0.508 e. The summed E-state index contributed by atoms with van der Waals surface area (Å²) in [6.45, 7) is 3.53. The first kappa shape index (κ1) is 10.0. The molecule has 2 atom stereocenters. The van der Waals surface area contributed by atoms with E-state index in [1.165, 1.54) is 0 Å². The van der Waals surface area contributed by atoms with Crippen LogP contribution in [0.15, 0.2) is 18.2 Å². The van der Waals surface area contributed by atoms with Crippen molar-refractivity contribution in [2.75, 3.05) is 0 Å². The number of aryl methyl sites for hydroxylation is 1. The summed E-state index contributed by atoms with van der Waals surface area (Å²) in [5.74, 6) is 0.192. The number of phenols is 1. The SMILES string of the molecule is C[C@H](N)[C@H](O)c1ccc([11CH3])c(O)c1. The Morgan fingerprint density at radius 3 is 2.46 bits per heavy atom. The number of nitrogens with two attached hydrogens (primary N) is 1. The Kier molecular flexibility index (Phi) is 2.90. The van der Waals surface area contributed by atoms with Gasteiger partial charge in [0, 0.05) is 6.04 Å². The third-order valence-corrected chi connectivity index (χ3v) is 2.07. The van der Waals surface area contributed by atoms with Gasteiger partial charge in [0.2, 0.25) is 0 Å². The van der Waals surface area contributed by atoms with Gasteiger partial charge in [-0.2, -0.15) is 0 Å². The summed E-state index contributed by atoms with van der Waals surface area (Å²) in [6.07, 6.45) is -0.716. The van der Waals surface area contributed by atoms with Gasteiger partial charge in [-0.25, -0.2) is 0 Å². The van der Waals surface area contributed by atoms with Crippen molar-refractivity contribution in [2.24, 2.45) is 5.73 Å². The van der Waals surface area contributed by atoms with Gasteiger partial charge >= 0.3 is 0 Å². The second-order valence-electron chi connectivity index (χ2n) is 3.35. The highest BCUT2D eigenvalue weighted by atomic mass is 16.3. The van der Waals surface area contributed by atoms with Gasteiger partial charge in [0.05, 0.1) is 6.10 Å². The number of hydrogen-bond donors (Lipinski definition) is 3. The number of aromatic hydroxyl groups is 1. The van der Waals surface area contributed by atoms with Crippen molar-refractivity contribution in [1.29, 1.82) is 0 Å². The smallest absolute Gasteiger partial charge is 0.118 e. The highest BCUT2D eigenvalue weighted by molar-refractivity contribution is 5.36. The van der Waals surface area contributed by atoms with Gasteiger partial charge in [0.15, 0.2) is 0 Å². The summed E-state index contributed by atoms with van der Waals surface area (Å²) in [5, 5.41) is 19.0. The first-order chi connectivity index (χ1) is 6.02. The molecule has 72 valence electrons. The molecule has 0 amide bonds. The molecule has 0 aliphatic heterocycles. The molecule has 13 heavy (non-hydrogen) atoms. The lowest BCUT2D eigenvalue weighted by atomic mass is 9.96. The second-order valence-corrected chi connectivity index (χ2v) is 3.35. The Morgan fingerprint density at radius 2 is 2.00 bits per heavy atom. The van der Waals surface area contributed by atoms with Crippen molar-refractivity contribution in [3.8, 4) is 5.75 Å². The van der Waals surface area contributed by atoms with Crippen LogP contribution in [0.3, 0.4) is 0 Å². The molecular weight excluding hydrogens is 165 g/mol. The summed E-state index contributed by atoms with van der Waals surface area (Å²) >= 11 is 0. The van der Waals surface area contributed by atoms with Crippen LogP contribution in [0.2, 0.25) is 0 Å². The number of phenolic OH excluding ortho intramolecular Hbond substituents is 1. The van der Waals surface area contributed by atoms with Crippen LogP contribution in [0, 0.1) is 6.92 Å². The molecule has 0 aliphatic rings. The molecule has 0 spiro atoms. The molecule has 0 saturated heterocycles. The molecule has 3 heteroatoms. The maximum atomic E-state index is 9.58. The Bertz CT molecular complexity index is 297. The Labute approximate surface area is 77.8 Å². The van der Waals surface area contributed by atoms with Gasteiger partial charge in [-0.15, -0.1) is 0 Å². The summed E-state index contributed by atoms with van der Waals surface area (Å²) in [7, 11) is 0. The van der Waals surface area contributed by atoms with Gasteiger partial charge in [0.1, 0.15) is 5.75 Å². The van der Waals surface area contributed by atoms with Crippen molar-refractivity contribution >= 4 is 0 Å². The van der Waals surface area contributed by atoms with Crippen LogP contribution < -0.4 is 5.73 Å². The van der Waals surface area contributed by atoms with E-state index in [9.17, 15) is 10.2 Å². The summed E-state index contributed by atoms with van der Waals surface area (Å²) in [4.78, 5) is 0. The molecule has 0 radical (unpaired) electrons. The van der Waals surface area contributed by atoms with E-state index in [1.807, 2.05) is 0 Å². The van der Waals surface area contributed by atoms with E-state index in [-0.39, 0.29) is 11.8 Å². The molecule has 0 fully saturated rings. The zero-order chi connectivity index (χ0) is 10.0. The van der Waals surface area contributed by atoms with Crippen molar-refractivity contribution in [3.63, 3.8) is 0 Å². The number of aliphatic hydroxyl groups is 1. The van der Waals surface area contributed by atoms with Gasteiger partial charge < -0.3 is 15.9 Å². The summed E-state index contributed by atoms with van der Waals surface area (Å²) in [5.41, 5.74) is 6.97. The monoisotopic (exact) mass is 180 g/mol. The first-order valence-corrected chi connectivity index (χ1v) is 4.25. The van der Waals surface area contributed by atoms with E-state index in [0.717, 1.165) is 5.56 Å². The zero-order valence-corrected chi connectivity index (χ0v) is 7.86. The van der Waals surface area contributed by atoms with Crippen molar-refractivity contribution in [2.45, 2.75) is 26.0 Å². The standard InChI is InChI=1S/C10H15NO2/c1-6-3-4-8(5-9(6)12)10(13)7(2)11/h3-5,7,10,12-13H,11H2,1-2H3/t7-,10-/m0/s1/i1-1. The lowest BCUT2D eigenvalue weighted by Gasteiger charge is -2.15. The minimum absolute atomic E-state index is 0.192. The molecule has 0 aromatic heterocycles. The van der Waals surface area contributed by atoms with Crippen molar-refractivity contribution < 1.29 is 10.2 Å². The normalized spacial score (nSPS) is 15.4. The van der Waals surface area contributed by atoms with Gasteiger partial charge in [-0.3, -0.25) is 0 Å². The predicted molar refractivity (Wildman–Crippen MR) is 51.5 cm³/mol. The molecule has 0 aliphatic carbocycles. The topological polar surface area (TPSA) is 66.5 Å². The maximum Gasteiger partial charge on any atom is 0.118 e. The van der Waals surface area contributed by atoms with E-state index in [4.69, 9.17) is 5.73 Å². The van der Waals surface area contributed by atoms with Crippen LogP contribution >= 0.6 is 0 Å². The van der Waals surface area contributed by atoms with Crippen LogP contribution in [0.5, 0.6) is 5.75 Å². The number of aliphatic hydroxyl groups excluding tert-OH is 1. The van der Waals surface area contributed by atoms with Crippen LogP contribution in [0.1, 0.15) is 24.2 Å². The van der Waals surface area contributed by atoms with E-state index < -0.39 is 6.10 Å². The predicted octanol–water partition coefficient (Wildman–Crippen LogP) is 1.08. The average molecular weight is 180 g/mol. The quantitative estimate of drug-likeness (QED) is 0.638. The molecule has 0 heterocycles. The molecule has 0 unspecified atom stereocenters. The van der Waals surface area contributed by atoms with Crippen molar-refractivity contribution in [3.05, 3.63) is 29.3 Å². The molecule has 1 aromatic carbocycles. The third-order valence-electron chi connectivity index (χ3n) is 2.07. The average Bonchev–Trinajstić information content (AvgIpc) is 2.08. The van der Waals surface area contributed by atoms with Crippen LogP contribution in [0.4, 0.5) is 0 Å². The Morgan fingerprint density at radius 1 is 1.38 bits per heavy atom. The molecule has 1 aromatic rings. The van der Waals surface area contributed by atoms with Crippen LogP contribution in [-0.2, 0) is 0 Å².